The van der Waals surface area contributed by atoms with E-state index in [1.807, 2.05) is 0 Å². The predicted molar refractivity (Wildman–Crippen MR) is 188 cm³/mol. The number of rotatable bonds is 12. The van der Waals surface area contributed by atoms with Gasteiger partial charge < -0.3 is 25.0 Å². The van der Waals surface area contributed by atoms with Crippen LogP contribution in [-0.4, -0.2) is 94.7 Å². The second-order valence-electron chi connectivity index (χ2n) is 14.3. The van der Waals surface area contributed by atoms with Crippen LogP contribution in [0.4, 0.5) is 4.79 Å². The number of thiophene rings is 1. The molecule has 0 unspecified atom stereocenters. The van der Waals surface area contributed by atoms with Gasteiger partial charge in [0.2, 0.25) is 17.6 Å². The molecule has 3 aromatic rings. The van der Waals surface area contributed by atoms with Crippen molar-refractivity contribution in [3.8, 4) is 17.1 Å². The van der Waals surface area contributed by atoms with Crippen LogP contribution in [0.3, 0.4) is 0 Å². The fraction of sp³-hybridized carbons (Fsp3) is 0.500. The molecule has 2 aliphatic carbocycles. The zero-order valence-electron chi connectivity index (χ0n) is 29.3. The zero-order valence-corrected chi connectivity index (χ0v) is 30.9. The smallest absolute Gasteiger partial charge is 0.408 e. The Morgan fingerprint density at radius 3 is 2.44 bits per heavy atom. The Hall–Kier alpha value is -4.84. The normalized spacial score (nSPS) is 23.5. The van der Waals surface area contributed by atoms with E-state index in [0.717, 1.165) is 30.6 Å². The lowest BCUT2D eigenvalue weighted by Crippen LogP contribution is -2.60. The number of carbonyl (C=O) groups is 4. The summed E-state index contributed by atoms with van der Waals surface area (Å²) in [6.45, 7) is 9.09. The van der Waals surface area contributed by atoms with Crippen LogP contribution in [0.5, 0.6) is 5.75 Å². The Labute approximate surface area is 305 Å². The second kappa shape index (κ2) is 14.3. The average Bonchev–Trinajstić information content (AvgIpc) is 3.58. The third-order valence-corrected chi connectivity index (χ3v) is 12.4. The molecule has 18 heteroatoms. The van der Waals surface area contributed by atoms with Crippen LogP contribution in [0, 0.1) is 11.3 Å². The maximum Gasteiger partial charge on any atom is 0.408 e. The molecule has 2 aromatic heterocycles. The SMILES string of the molecule is C=C[C@@H]1C[C@]1(NC(=O)[C@@H]1C[C@@H](n2nnc(-c3ccc(OC)cc3)n2)CN1C(=O)[C@@H](NC(=O)OC1CCC1)C(C)(C)C)C(=O)NS(=O)(=O)c1cccs1. The highest BCUT2D eigenvalue weighted by Gasteiger charge is 2.61. The van der Waals surface area contributed by atoms with Crippen LogP contribution in [0.1, 0.15) is 58.9 Å². The molecule has 3 N–H and O–H groups in total. The summed E-state index contributed by atoms with van der Waals surface area (Å²) in [6, 6.07) is 7.10. The van der Waals surface area contributed by atoms with Crippen molar-refractivity contribution in [1.82, 2.24) is 40.5 Å². The Morgan fingerprint density at radius 2 is 1.87 bits per heavy atom. The molecule has 6 rings (SSSR count). The third-order valence-electron chi connectivity index (χ3n) is 9.71. The minimum absolute atomic E-state index is 0.0297. The lowest BCUT2D eigenvalue weighted by atomic mass is 9.85. The first-order valence-electron chi connectivity index (χ1n) is 16.9. The van der Waals surface area contributed by atoms with Gasteiger partial charge in [-0.1, -0.05) is 32.9 Å². The van der Waals surface area contributed by atoms with Crippen LogP contribution in [0.15, 0.2) is 58.6 Å². The lowest BCUT2D eigenvalue weighted by molar-refractivity contribution is -0.142. The summed E-state index contributed by atoms with van der Waals surface area (Å²) in [4.78, 5) is 57.9. The van der Waals surface area contributed by atoms with E-state index in [2.05, 4.69) is 37.3 Å². The van der Waals surface area contributed by atoms with Crippen molar-refractivity contribution in [1.29, 1.82) is 0 Å². The largest absolute Gasteiger partial charge is 0.497 e. The molecule has 52 heavy (non-hydrogen) atoms. The van der Waals surface area contributed by atoms with Gasteiger partial charge in [-0.3, -0.25) is 14.4 Å². The van der Waals surface area contributed by atoms with Gasteiger partial charge in [0.05, 0.1) is 13.2 Å². The van der Waals surface area contributed by atoms with Crippen LogP contribution in [0.2, 0.25) is 0 Å². The van der Waals surface area contributed by atoms with Crippen LogP contribution in [0.25, 0.3) is 11.4 Å². The lowest BCUT2D eigenvalue weighted by Gasteiger charge is -2.36. The quantitative estimate of drug-likeness (QED) is 0.230. The summed E-state index contributed by atoms with van der Waals surface area (Å²) < 4.78 is 38.7. The van der Waals surface area contributed by atoms with E-state index in [1.54, 1.807) is 63.6 Å². The van der Waals surface area contributed by atoms with Crippen molar-refractivity contribution in [3.63, 3.8) is 0 Å². The first kappa shape index (κ1) is 36.9. The molecule has 3 heterocycles. The van der Waals surface area contributed by atoms with E-state index in [4.69, 9.17) is 9.47 Å². The van der Waals surface area contributed by atoms with Crippen LogP contribution >= 0.6 is 11.3 Å². The number of amides is 4. The molecular formula is C34H42N8O8S2. The number of hydrogen-bond donors (Lipinski definition) is 3. The van der Waals surface area contributed by atoms with Crippen LogP contribution in [-0.2, 0) is 29.1 Å². The number of carbonyl (C=O) groups excluding carboxylic acids is 4. The number of sulfonamides is 1. The molecule has 0 radical (unpaired) electrons. The summed E-state index contributed by atoms with van der Waals surface area (Å²) in [5.74, 6) is -1.75. The highest BCUT2D eigenvalue weighted by Crippen LogP contribution is 2.45. The Bertz CT molecular complexity index is 1940. The molecule has 0 bridgehead atoms. The van der Waals surface area contributed by atoms with Gasteiger partial charge in [0.25, 0.3) is 15.9 Å². The van der Waals surface area contributed by atoms with Crippen molar-refractivity contribution in [2.45, 2.75) is 86.9 Å². The van der Waals surface area contributed by atoms with Gasteiger partial charge in [-0.25, -0.2) is 17.9 Å². The summed E-state index contributed by atoms with van der Waals surface area (Å²) >= 11 is 0.945. The topological polar surface area (TPSA) is 204 Å². The molecule has 0 spiro atoms. The highest BCUT2D eigenvalue weighted by molar-refractivity contribution is 7.92. The minimum atomic E-state index is -4.20. The van der Waals surface area contributed by atoms with Gasteiger partial charge in [-0.15, -0.1) is 28.1 Å². The van der Waals surface area contributed by atoms with Gasteiger partial charge in [-0.2, -0.15) is 4.80 Å². The molecule has 16 nitrogen and oxygen atoms in total. The molecular weight excluding hydrogens is 713 g/mol. The number of hydrogen-bond acceptors (Lipinski definition) is 12. The maximum atomic E-state index is 14.5. The molecule has 278 valence electrons. The number of methoxy groups -OCH3 is 1. The molecule has 3 aliphatic rings. The molecule has 1 aliphatic heterocycles. The van der Waals surface area contributed by atoms with E-state index >= 15 is 0 Å². The number of alkyl carbamates (subject to hydrolysis) is 1. The van der Waals surface area contributed by atoms with Crippen molar-refractivity contribution in [2.75, 3.05) is 13.7 Å². The summed E-state index contributed by atoms with van der Waals surface area (Å²) in [5.41, 5.74) is -1.75. The molecule has 1 saturated heterocycles. The van der Waals surface area contributed by atoms with Gasteiger partial charge in [0.15, 0.2) is 0 Å². The number of aromatic nitrogens is 4. The number of nitrogens with zero attached hydrogens (tertiary/aromatic N) is 5. The second-order valence-corrected chi connectivity index (χ2v) is 17.2. The van der Waals surface area contributed by atoms with Crippen molar-refractivity contribution in [2.24, 2.45) is 11.3 Å². The zero-order chi connectivity index (χ0) is 37.4. The third kappa shape index (κ3) is 7.53. The Kier molecular flexibility index (Phi) is 10.2. The Morgan fingerprint density at radius 1 is 1.13 bits per heavy atom. The van der Waals surface area contributed by atoms with E-state index < -0.39 is 68.8 Å². The fourth-order valence-corrected chi connectivity index (χ4v) is 8.36. The number of nitrogens with one attached hydrogen (secondary N) is 3. The summed E-state index contributed by atoms with van der Waals surface area (Å²) in [6.07, 6.45) is 3.11. The molecule has 5 atom stereocenters. The minimum Gasteiger partial charge on any atom is -0.497 e. The summed E-state index contributed by atoms with van der Waals surface area (Å²) in [5, 5.41) is 20.1. The fourth-order valence-electron chi connectivity index (χ4n) is 6.33. The monoisotopic (exact) mass is 754 g/mol. The van der Waals surface area contributed by atoms with E-state index in [-0.39, 0.29) is 29.7 Å². The van der Waals surface area contributed by atoms with Crippen LogP contribution < -0.4 is 20.1 Å². The number of benzene rings is 1. The van der Waals surface area contributed by atoms with Crippen molar-refractivity contribution < 1.29 is 37.1 Å². The molecule has 1 aromatic carbocycles. The van der Waals surface area contributed by atoms with Gasteiger partial charge in [-0.05, 0) is 72.0 Å². The predicted octanol–water partition coefficient (Wildman–Crippen LogP) is 2.81. The standard InChI is InChI=1S/C34H42N8O8S2/c1-6-21-18-34(21,31(45)39-52(47,48)26-11-8-16-51-26)36-29(43)25-17-22(42-38-28(37-40-42)20-12-14-23(49-5)15-13-20)19-41(25)30(44)27(33(2,3)4)35-32(46)50-24-9-7-10-24/h6,8,11-16,21-22,24-25,27H,1,7,9-10,17-19H2,2-5H3,(H,35,46)(H,36,43)(H,39,45)/t21-,22-,25+,27-,34-/m1/s1. The van der Waals surface area contributed by atoms with E-state index in [9.17, 15) is 27.6 Å². The Balaban J connectivity index is 1.27. The number of ether oxygens (including phenoxy) is 2. The maximum absolute atomic E-state index is 14.5. The number of likely N-dealkylation sites (tertiary alicyclic amines) is 1. The highest BCUT2D eigenvalue weighted by atomic mass is 32.2. The first-order valence-corrected chi connectivity index (χ1v) is 19.3. The van der Waals surface area contributed by atoms with Crippen molar-refractivity contribution >= 4 is 45.2 Å². The number of tetrazole rings is 1. The van der Waals surface area contributed by atoms with E-state index in [0.29, 0.717) is 17.1 Å². The first-order chi connectivity index (χ1) is 24.6. The van der Waals surface area contributed by atoms with E-state index in [1.165, 1.54) is 21.8 Å². The average molecular weight is 755 g/mol. The van der Waals surface area contributed by atoms with Gasteiger partial charge in [0.1, 0.15) is 33.7 Å². The van der Waals surface area contributed by atoms with Crippen molar-refractivity contribution in [3.05, 3.63) is 54.4 Å². The molecule has 2 saturated carbocycles. The van der Waals surface area contributed by atoms with Gasteiger partial charge >= 0.3 is 6.09 Å². The molecule has 3 fully saturated rings. The summed E-state index contributed by atoms with van der Waals surface area (Å²) in [7, 11) is -2.64. The van der Waals surface area contributed by atoms with Gasteiger partial charge in [0, 0.05) is 24.4 Å². The molecule has 4 amide bonds.